The molecule has 0 aliphatic rings. The Hall–Kier alpha value is -5.62. The van der Waals surface area contributed by atoms with Crippen LogP contribution in [0.2, 0.25) is 0 Å². The van der Waals surface area contributed by atoms with Gasteiger partial charge in [-0.25, -0.2) is 15.0 Å². The fourth-order valence-corrected chi connectivity index (χ4v) is 6.69. The summed E-state index contributed by atoms with van der Waals surface area (Å²) >= 11 is 0. The predicted octanol–water partition coefficient (Wildman–Crippen LogP) is 1.90. The number of rotatable bonds is 4. The second-order valence-electron chi connectivity index (χ2n) is 12.3. The molecule has 12 heteroatoms. The highest BCUT2D eigenvalue weighted by Crippen LogP contribution is 2.33. The maximum atomic E-state index is 6.85. The molecule has 0 fully saturated rings. The summed E-state index contributed by atoms with van der Waals surface area (Å²) in [6.07, 6.45) is 0. The summed E-state index contributed by atoms with van der Waals surface area (Å²) < 4.78 is 12.4. The van der Waals surface area contributed by atoms with Crippen LogP contribution in [-0.2, 0) is 0 Å². The van der Waals surface area contributed by atoms with Crippen LogP contribution in [0, 0.1) is 0 Å². The lowest BCUT2D eigenvalue weighted by Crippen LogP contribution is -2.47. The second kappa shape index (κ2) is 11.7. The van der Waals surface area contributed by atoms with E-state index in [1.807, 2.05) is 84.9 Å². The van der Waals surface area contributed by atoms with Gasteiger partial charge in [0.15, 0.2) is 17.5 Å². The maximum Gasteiger partial charge on any atom is 0.164 e. The molecule has 3 aromatic heterocycles. The molecular formula is C39H16B7N3O2. The Morgan fingerprint density at radius 2 is 0.902 bits per heavy atom. The molecule has 14 radical (unpaired) electrons. The standard InChI is InChI=1S/C39H16B7N3O2/c40-28-25-26-29(41)32(44)33(45)34(46)36(26)51-35(25)31(43)27(30(28)42)39-48-37(19-12-10-18(11-13-19)17-6-2-1-3-7-17)47-38(49-39)20-14-15-22-21-8-4-5-9-23(21)50-24(22)16-20/h1-16H. The number of aromatic nitrogens is 3. The molecule has 0 N–H and O–H groups in total. The first-order valence-electron chi connectivity index (χ1n) is 16.0. The first-order valence-corrected chi connectivity index (χ1v) is 16.0. The number of fused-ring (bicyclic) bond motifs is 6. The monoisotopic (exact) mass is 635 g/mol. The van der Waals surface area contributed by atoms with Gasteiger partial charge in [0, 0.05) is 38.2 Å². The average Bonchev–Trinajstić information content (AvgIpc) is 3.75. The van der Waals surface area contributed by atoms with Crippen LogP contribution in [0.5, 0.6) is 0 Å². The molecule has 6 aromatic carbocycles. The van der Waals surface area contributed by atoms with Gasteiger partial charge in [-0.15, -0.1) is 10.9 Å². The number of para-hydroxylation sites is 1. The fourth-order valence-electron chi connectivity index (χ4n) is 6.69. The summed E-state index contributed by atoms with van der Waals surface area (Å²) in [5, 5.41) is 2.71. The van der Waals surface area contributed by atoms with Crippen molar-refractivity contribution in [1.82, 2.24) is 15.0 Å². The summed E-state index contributed by atoms with van der Waals surface area (Å²) in [4.78, 5) is 14.7. The van der Waals surface area contributed by atoms with Gasteiger partial charge in [-0.3, -0.25) is 0 Å². The van der Waals surface area contributed by atoms with Gasteiger partial charge in [0.05, 0.1) is 0 Å². The summed E-state index contributed by atoms with van der Waals surface area (Å²) in [7, 11) is 45.4. The van der Waals surface area contributed by atoms with Gasteiger partial charge in [0.25, 0.3) is 0 Å². The molecule has 0 unspecified atom stereocenters. The van der Waals surface area contributed by atoms with Crippen molar-refractivity contribution in [3.8, 4) is 45.3 Å². The molecule has 51 heavy (non-hydrogen) atoms. The van der Waals surface area contributed by atoms with Crippen molar-refractivity contribution in [3.05, 3.63) is 97.1 Å². The lowest BCUT2D eigenvalue weighted by atomic mass is 9.64. The van der Waals surface area contributed by atoms with E-state index < -0.39 is 0 Å². The fraction of sp³-hybridized carbons (Fsp3) is 0. The van der Waals surface area contributed by atoms with E-state index in [0.717, 1.165) is 33.0 Å². The molecule has 0 atom stereocenters. The normalized spacial score (nSPS) is 11.7. The number of benzene rings is 6. The van der Waals surface area contributed by atoms with E-state index in [2.05, 4.69) is 12.1 Å². The first-order chi connectivity index (χ1) is 24.7. The lowest BCUT2D eigenvalue weighted by Gasteiger charge is -2.17. The van der Waals surface area contributed by atoms with Crippen LogP contribution in [-0.4, -0.2) is 69.9 Å². The largest absolute Gasteiger partial charge is 0.457 e. The van der Waals surface area contributed by atoms with Gasteiger partial charge in [-0.1, -0.05) is 101 Å². The third-order valence-electron chi connectivity index (χ3n) is 9.38. The third kappa shape index (κ3) is 4.84. The molecule has 0 bridgehead atoms. The zero-order chi connectivity index (χ0) is 35.1. The van der Waals surface area contributed by atoms with Crippen molar-refractivity contribution in [3.63, 3.8) is 0 Å². The Bertz CT molecular complexity index is 2890. The highest BCUT2D eigenvalue weighted by atomic mass is 16.3. The second-order valence-corrected chi connectivity index (χ2v) is 12.3. The molecule has 220 valence electrons. The summed E-state index contributed by atoms with van der Waals surface area (Å²) in [6, 6.07) is 31.7. The van der Waals surface area contributed by atoms with E-state index in [0.29, 0.717) is 33.6 Å². The SMILES string of the molecule is [B]c1c([B])c([B])c2c(oc3c([B])c(-c4nc(-c5ccc(-c6ccccc6)cc5)nc(-c5ccc6c(c5)oc5ccccc56)n4)c([B])c([B])c32)c1[B]. The minimum atomic E-state index is 0.0934. The smallest absolute Gasteiger partial charge is 0.164 e. The van der Waals surface area contributed by atoms with E-state index in [4.69, 9.17) is 78.7 Å². The molecule has 9 rings (SSSR count). The molecule has 3 heterocycles. The Kier molecular flexibility index (Phi) is 7.22. The Labute approximate surface area is 302 Å². The van der Waals surface area contributed by atoms with Crippen LogP contribution < -0.4 is 38.2 Å². The summed E-state index contributed by atoms with van der Waals surface area (Å²) in [5.74, 6) is 0.923. The third-order valence-corrected chi connectivity index (χ3v) is 9.38. The minimum absolute atomic E-state index is 0.0934. The van der Waals surface area contributed by atoms with Crippen molar-refractivity contribution in [2.75, 3.05) is 0 Å². The molecule has 0 spiro atoms. The number of hydrogen-bond donors (Lipinski definition) is 0. The molecule has 0 saturated carbocycles. The van der Waals surface area contributed by atoms with Crippen molar-refractivity contribution in [1.29, 1.82) is 0 Å². The predicted molar refractivity (Wildman–Crippen MR) is 214 cm³/mol. The topological polar surface area (TPSA) is 65.0 Å². The summed E-state index contributed by atoms with van der Waals surface area (Å²) in [5.41, 5.74) is 6.50. The lowest BCUT2D eigenvalue weighted by molar-refractivity contribution is 0.669. The van der Waals surface area contributed by atoms with Crippen LogP contribution in [0.1, 0.15) is 0 Å². The Morgan fingerprint density at radius 1 is 0.373 bits per heavy atom. The highest BCUT2D eigenvalue weighted by Gasteiger charge is 2.24. The van der Waals surface area contributed by atoms with E-state index in [1.54, 1.807) is 0 Å². The van der Waals surface area contributed by atoms with E-state index in [-0.39, 0.29) is 60.8 Å². The Morgan fingerprint density at radius 3 is 1.65 bits per heavy atom. The van der Waals surface area contributed by atoms with Crippen molar-refractivity contribution >= 4 is 137 Å². The van der Waals surface area contributed by atoms with Gasteiger partial charge >= 0.3 is 0 Å². The molecule has 0 aliphatic heterocycles. The van der Waals surface area contributed by atoms with Crippen molar-refractivity contribution in [2.45, 2.75) is 0 Å². The zero-order valence-corrected chi connectivity index (χ0v) is 26.9. The van der Waals surface area contributed by atoms with Crippen molar-refractivity contribution in [2.24, 2.45) is 0 Å². The molecule has 9 aromatic rings. The molecule has 0 aliphatic carbocycles. The number of nitrogens with zero attached hydrogens (tertiary/aromatic N) is 3. The molecule has 0 saturated heterocycles. The van der Waals surface area contributed by atoms with Gasteiger partial charge in [-0.2, -0.15) is 0 Å². The van der Waals surface area contributed by atoms with Crippen LogP contribution >= 0.6 is 0 Å². The highest BCUT2D eigenvalue weighted by molar-refractivity contribution is 6.69. The van der Waals surface area contributed by atoms with Crippen LogP contribution in [0.15, 0.2) is 106 Å². The Balaban J connectivity index is 1.28. The van der Waals surface area contributed by atoms with Gasteiger partial charge in [-0.05, 0) is 34.8 Å². The van der Waals surface area contributed by atoms with Crippen LogP contribution in [0.25, 0.3) is 89.2 Å². The molecular weight excluding hydrogens is 618 g/mol. The van der Waals surface area contributed by atoms with Crippen molar-refractivity contribution < 1.29 is 8.83 Å². The van der Waals surface area contributed by atoms with Gasteiger partial charge in [0.2, 0.25) is 0 Å². The number of hydrogen-bond acceptors (Lipinski definition) is 5. The summed E-state index contributed by atoms with van der Waals surface area (Å²) in [6.45, 7) is 0. The van der Waals surface area contributed by atoms with E-state index >= 15 is 0 Å². The van der Waals surface area contributed by atoms with Crippen LogP contribution in [0.4, 0.5) is 0 Å². The number of furan rings is 2. The average molecular weight is 634 g/mol. The zero-order valence-electron chi connectivity index (χ0n) is 26.9. The minimum Gasteiger partial charge on any atom is -0.457 e. The maximum absolute atomic E-state index is 6.85. The van der Waals surface area contributed by atoms with E-state index in [9.17, 15) is 0 Å². The van der Waals surface area contributed by atoms with Crippen LogP contribution in [0.3, 0.4) is 0 Å². The molecule has 5 nitrogen and oxygen atoms in total. The van der Waals surface area contributed by atoms with E-state index in [1.165, 1.54) is 0 Å². The van der Waals surface area contributed by atoms with Gasteiger partial charge in [0.1, 0.15) is 77.3 Å². The first kappa shape index (κ1) is 31.4. The van der Waals surface area contributed by atoms with Gasteiger partial charge < -0.3 is 8.83 Å². The quantitative estimate of drug-likeness (QED) is 0.277. The molecule has 0 amide bonds.